The van der Waals surface area contributed by atoms with E-state index in [0.29, 0.717) is 6.04 Å². The molecule has 0 radical (unpaired) electrons. The van der Waals surface area contributed by atoms with Crippen molar-refractivity contribution in [3.05, 3.63) is 16.7 Å². The van der Waals surface area contributed by atoms with E-state index in [1.54, 1.807) is 0 Å². The minimum atomic E-state index is 0.629. The van der Waals surface area contributed by atoms with Crippen molar-refractivity contribution in [2.45, 2.75) is 26.3 Å². The Hall–Kier alpha value is -0.810. The first-order valence-corrected chi connectivity index (χ1v) is 7.35. The number of hydrogen-bond donors (Lipinski definition) is 1. The largest absolute Gasteiger partial charge is 0.396 e. The molecule has 1 unspecified atom stereocenters. The molecule has 4 nitrogen and oxygen atoms in total. The number of nitrogen functional groups attached to an aromatic ring is 1. The Balaban J connectivity index is 2.08. The fraction of sp³-hybridized carbons (Fsp3) is 0.615. The van der Waals surface area contributed by atoms with Crippen molar-refractivity contribution in [2.75, 3.05) is 36.8 Å². The van der Waals surface area contributed by atoms with Crippen LogP contribution in [0.1, 0.15) is 20.3 Å². The van der Waals surface area contributed by atoms with Gasteiger partial charge in [-0.05, 0) is 41.5 Å². The number of nitrogens with zero attached hydrogens (tertiary/aromatic N) is 3. The van der Waals surface area contributed by atoms with E-state index in [9.17, 15) is 0 Å². The van der Waals surface area contributed by atoms with E-state index in [2.05, 4.69) is 44.6 Å². The molecule has 1 atom stereocenters. The molecule has 0 spiro atoms. The van der Waals surface area contributed by atoms with Crippen molar-refractivity contribution in [3.63, 3.8) is 0 Å². The van der Waals surface area contributed by atoms with Crippen molar-refractivity contribution in [1.82, 2.24) is 9.88 Å². The van der Waals surface area contributed by atoms with Crippen LogP contribution in [0.5, 0.6) is 0 Å². The number of nitrogens with two attached hydrogens (primary N) is 1. The summed E-state index contributed by atoms with van der Waals surface area (Å²) >= 11 is 3.39. The second-order valence-electron chi connectivity index (χ2n) is 4.68. The third-order valence-corrected chi connectivity index (χ3v) is 4.09. The van der Waals surface area contributed by atoms with Crippen LogP contribution < -0.4 is 10.6 Å². The lowest BCUT2D eigenvalue weighted by molar-refractivity contribution is 0.232. The molecule has 2 heterocycles. The Morgan fingerprint density at radius 2 is 2.22 bits per heavy atom. The fourth-order valence-electron chi connectivity index (χ4n) is 2.68. The third-order valence-electron chi connectivity index (χ3n) is 3.65. The highest BCUT2D eigenvalue weighted by atomic mass is 79.9. The fourth-order valence-corrected chi connectivity index (χ4v) is 3.03. The van der Waals surface area contributed by atoms with Crippen molar-refractivity contribution in [3.8, 4) is 0 Å². The lowest BCUT2D eigenvalue weighted by Crippen LogP contribution is -2.37. The summed E-state index contributed by atoms with van der Waals surface area (Å²) in [4.78, 5) is 9.25. The molecular weight excluding hydrogens is 292 g/mol. The SMILES string of the molecule is CCN(CC)C1CCN(c2ncc(Br)cc2N)C1. The second kappa shape index (κ2) is 5.89. The van der Waals surface area contributed by atoms with Crippen LogP contribution in [0.2, 0.25) is 0 Å². The number of anilines is 2. The van der Waals surface area contributed by atoms with Gasteiger partial charge in [-0.2, -0.15) is 0 Å². The maximum absolute atomic E-state index is 6.04. The first-order valence-electron chi connectivity index (χ1n) is 6.55. The summed E-state index contributed by atoms with van der Waals surface area (Å²) in [6.45, 7) is 8.73. The minimum Gasteiger partial charge on any atom is -0.396 e. The predicted molar refractivity (Wildman–Crippen MR) is 79.9 cm³/mol. The zero-order valence-electron chi connectivity index (χ0n) is 11.1. The molecule has 0 bridgehead atoms. The van der Waals surface area contributed by atoms with E-state index in [1.165, 1.54) is 6.42 Å². The number of halogens is 1. The van der Waals surface area contributed by atoms with Crippen molar-refractivity contribution in [2.24, 2.45) is 0 Å². The van der Waals surface area contributed by atoms with Gasteiger partial charge >= 0.3 is 0 Å². The first kappa shape index (κ1) is 13.6. The topological polar surface area (TPSA) is 45.4 Å². The average molecular weight is 313 g/mol. The summed E-state index contributed by atoms with van der Waals surface area (Å²) in [5, 5.41) is 0. The number of pyridine rings is 1. The van der Waals surface area contributed by atoms with Gasteiger partial charge in [0.25, 0.3) is 0 Å². The van der Waals surface area contributed by atoms with Gasteiger partial charge in [0, 0.05) is 29.8 Å². The van der Waals surface area contributed by atoms with Gasteiger partial charge in [0.1, 0.15) is 0 Å². The summed E-state index contributed by atoms with van der Waals surface area (Å²) in [5.41, 5.74) is 6.79. The minimum absolute atomic E-state index is 0.629. The van der Waals surface area contributed by atoms with Crippen molar-refractivity contribution >= 4 is 27.4 Å². The van der Waals surface area contributed by atoms with E-state index in [4.69, 9.17) is 5.73 Å². The number of likely N-dealkylation sites (N-methyl/N-ethyl adjacent to an activating group) is 1. The summed E-state index contributed by atoms with van der Waals surface area (Å²) in [6.07, 6.45) is 3.01. The molecular formula is C13H21BrN4. The third kappa shape index (κ3) is 2.78. The molecule has 1 saturated heterocycles. The maximum atomic E-state index is 6.04. The quantitative estimate of drug-likeness (QED) is 0.927. The van der Waals surface area contributed by atoms with E-state index < -0.39 is 0 Å². The monoisotopic (exact) mass is 312 g/mol. The highest BCUT2D eigenvalue weighted by Gasteiger charge is 2.27. The van der Waals surface area contributed by atoms with Crippen LogP contribution in [-0.4, -0.2) is 42.1 Å². The van der Waals surface area contributed by atoms with Crippen LogP contribution in [0.15, 0.2) is 16.7 Å². The van der Waals surface area contributed by atoms with Gasteiger partial charge in [-0.3, -0.25) is 4.90 Å². The summed E-state index contributed by atoms with van der Waals surface area (Å²) in [6, 6.07) is 2.55. The second-order valence-corrected chi connectivity index (χ2v) is 5.59. The van der Waals surface area contributed by atoms with Crippen LogP contribution >= 0.6 is 15.9 Å². The van der Waals surface area contributed by atoms with Gasteiger partial charge in [-0.25, -0.2) is 4.98 Å². The zero-order valence-corrected chi connectivity index (χ0v) is 12.7. The Kier molecular flexibility index (Phi) is 4.45. The standard InChI is InChI=1S/C13H21BrN4/c1-3-17(4-2)11-5-6-18(9-11)13-12(15)7-10(14)8-16-13/h7-8,11H,3-6,9,15H2,1-2H3. The molecule has 5 heteroatoms. The maximum Gasteiger partial charge on any atom is 0.151 e. The molecule has 0 aromatic carbocycles. The normalized spacial score (nSPS) is 19.8. The molecule has 2 rings (SSSR count). The van der Waals surface area contributed by atoms with E-state index in [-0.39, 0.29) is 0 Å². The highest BCUT2D eigenvalue weighted by Crippen LogP contribution is 2.27. The molecule has 0 aliphatic carbocycles. The van der Waals surface area contributed by atoms with Crippen LogP contribution in [0.4, 0.5) is 11.5 Å². The Morgan fingerprint density at radius 3 is 2.83 bits per heavy atom. The number of rotatable bonds is 4. The number of hydrogen-bond acceptors (Lipinski definition) is 4. The Morgan fingerprint density at radius 1 is 1.50 bits per heavy atom. The molecule has 1 fully saturated rings. The van der Waals surface area contributed by atoms with Gasteiger partial charge < -0.3 is 10.6 Å². The van der Waals surface area contributed by atoms with E-state index in [0.717, 1.165) is 42.2 Å². The average Bonchev–Trinajstić information content (AvgIpc) is 2.80. The summed E-state index contributed by atoms with van der Waals surface area (Å²) in [5.74, 6) is 0.924. The van der Waals surface area contributed by atoms with Crippen LogP contribution in [0.25, 0.3) is 0 Å². The molecule has 0 amide bonds. The first-order chi connectivity index (χ1) is 8.65. The van der Waals surface area contributed by atoms with E-state index in [1.807, 2.05) is 12.3 Å². The van der Waals surface area contributed by atoms with Gasteiger partial charge in [-0.1, -0.05) is 13.8 Å². The van der Waals surface area contributed by atoms with Crippen LogP contribution in [0.3, 0.4) is 0 Å². The molecule has 100 valence electrons. The summed E-state index contributed by atoms with van der Waals surface area (Å²) in [7, 11) is 0. The lowest BCUT2D eigenvalue weighted by atomic mass is 10.2. The van der Waals surface area contributed by atoms with Gasteiger partial charge in [-0.15, -0.1) is 0 Å². The molecule has 0 saturated carbocycles. The molecule has 18 heavy (non-hydrogen) atoms. The smallest absolute Gasteiger partial charge is 0.151 e. The Bertz CT molecular complexity index is 406. The van der Waals surface area contributed by atoms with Crippen LogP contribution in [-0.2, 0) is 0 Å². The van der Waals surface area contributed by atoms with Crippen LogP contribution in [0, 0.1) is 0 Å². The highest BCUT2D eigenvalue weighted by molar-refractivity contribution is 9.10. The molecule has 1 aliphatic heterocycles. The predicted octanol–water partition coefficient (Wildman–Crippen LogP) is 2.35. The molecule has 1 aliphatic rings. The Labute approximate surface area is 117 Å². The van der Waals surface area contributed by atoms with Gasteiger partial charge in [0.15, 0.2) is 5.82 Å². The molecule has 1 aromatic rings. The van der Waals surface area contributed by atoms with E-state index >= 15 is 0 Å². The number of aromatic nitrogens is 1. The van der Waals surface area contributed by atoms with Gasteiger partial charge in [0.2, 0.25) is 0 Å². The molecule has 1 aromatic heterocycles. The lowest BCUT2D eigenvalue weighted by Gasteiger charge is -2.26. The zero-order chi connectivity index (χ0) is 13.1. The molecule has 2 N–H and O–H groups in total. The van der Waals surface area contributed by atoms with Crippen molar-refractivity contribution in [1.29, 1.82) is 0 Å². The summed E-state index contributed by atoms with van der Waals surface area (Å²) < 4.78 is 0.934. The van der Waals surface area contributed by atoms with Gasteiger partial charge in [0.05, 0.1) is 5.69 Å². The van der Waals surface area contributed by atoms with Crippen molar-refractivity contribution < 1.29 is 0 Å².